The van der Waals surface area contributed by atoms with Crippen molar-refractivity contribution in [3.8, 4) is 11.5 Å². The van der Waals surface area contributed by atoms with Crippen LogP contribution in [-0.2, 0) is 4.74 Å². The Labute approximate surface area is 164 Å². The van der Waals surface area contributed by atoms with Crippen LogP contribution >= 0.6 is 0 Å². The predicted molar refractivity (Wildman–Crippen MR) is 111 cm³/mol. The predicted octanol–water partition coefficient (Wildman–Crippen LogP) is 4.76. The van der Waals surface area contributed by atoms with Gasteiger partial charge in [0, 0.05) is 13.7 Å². The zero-order valence-corrected chi connectivity index (χ0v) is 17.4. The molecule has 0 N–H and O–H groups in total. The Morgan fingerprint density at radius 3 is 2.07 bits per heavy atom. The number of likely N-dealkylation sites (N-methyl/N-ethyl adjacent to an activating group) is 1. The van der Waals surface area contributed by atoms with Crippen LogP contribution in [0.15, 0.2) is 48.5 Å². The molecule has 0 saturated carbocycles. The average Bonchev–Trinajstić information content (AvgIpc) is 2.69. The first-order valence-electron chi connectivity index (χ1n) is 9.47. The summed E-state index contributed by atoms with van der Waals surface area (Å²) in [4.78, 5) is 2.39. The number of methoxy groups -OCH3 is 3. The highest BCUT2D eigenvalue weighted by atomic mass is 16.5. The molecular formula is C23H33NO3. The minimum absolute atomic E-state index is 0.220. The van der Waals surface area contributed by atoms with Crippen molar-refractivity contribution in [3.05, 3.63) is 59.7 Å². The van der Waals surface area contributed by atoms with Crippen LogP contribution < -0.4 is 9.47 Å². The summed E-state index contributed by atoms with van der Waals surface area (Å²) in [5.74, 6) is 2.40. The van der Waals surface area contributed by atoms with E-state index in [1.54, 1.807) is 21.3 Å². The third kappa shape index (κ3) is 5.47. The molecule has 0 unspecified atom stereocenters. The van der Waals surface area contributed by atoms with E-state index in [0.29, 0.717) is 18.4 Å². The fraction of sp³-hybridized carbons (Fsp3) is 0.478. The van der Waals surface area contributed by atoms with Crippen molar-refractivity contribution in [3.63, 3.8) is 0 Å². The van der Waals surface area contributed by atoms with E-state index in [2.05, 4.69) is 62.2 Å². The van der Waals surface area contributed by atoms with Crippen molar-refractivity contribution < 1.29 is 14.2 Å². The highest BCUT2D eigenvalue weighted by Gasteiger charge is 2.24. The molecule has 2 atom stereocenters. The SMILES string of the molecule is COC[C@@H](c1ccccc1)N(C)C[C@H](c1ccc(OC)c(OC)c1)C(C)C. The van der Waals surface area contributed by atoms with Crippen LogP contribution in [0.1, 0.15) is 36.9 Å². The molecule has 0 amide bonds. The maximum absolute atomic E-state index is 5.52. The molecule has 148 valence electrons. The number of rotatable bonds is 10. The molecule has 0 aliphatic carbocycles. The zero-order valence-electron chi connectivity index (χ0n) is 17.4. The van der Waals surface area contributed by atoms with Crippen molar-refractivity contribution in [1.82, 2.24) is 4.90 Å². The van der Waals surface area contributed by atoms with Gasteiger partial charge in [-0.1, -0.05) is 50.2 Å². The molecule has 0 fully saturated rings. The van der Waals surface area contributed by atoms with Crippen LogP contribution in [0.5, 0.6) is 11.5 Å². The largest absolute Gasteiger partial charge is 0.493 e. The highest BCUT2D eigenvalue weighted by molar-refractivity contribution is 5.44. The van der Waals surface area contributed by atoms with Gasteiger partial charge in [-0.3, -0.25) is 4.90 Å². The normalized spacial score (nSPS) is 13.6. The average molecular weight is 372 g/mol. The Morgan fingerprint density at radius 1 is 0.852 bits per heavy atom. The van der Waals surface area contributed by atoms with Crippen molar-refractivity contribution in [2.75, 3.05) is 41.5 Å². The van der Waals surface area contributed by atoms with Crippen molar-refractivity contribution in [2.24, 2.45) is 5.92 Å². The molecule has 4 nitrogen and oxygen atoms in total. The lowest BCUT2D eigenvalue weighted by Gasteiger charge is -2.33. The van der Waals surface area contributed by atoms with Crippen LogP contribution in [0.3, 0.4) is 0 Å². The second kappa shape index (κ2) is 10.3. The van der Waals surface area contributed by atoms with E-state index >= 15 is 0 Å². The molecule has 0 heterocycles. The molecule has 2 aromatic carbocycles. The Balaban J connectivity index is 2.26. The van der Waals surface area contributed by atoms with Gasteiger partial charge in [0.05, 0.1) is 26.9 Å². The van der Waals surface area contributed by atoms with Gasteiger partial charge in [-0.25, -0.2) is 0 Å². The van der Waals surface area contributed by atoms with E-state index in [1.807, 2.05) is 12.1 Å². The Hall–Kier alpha value is -2.04. The van der Waals surface area contributed by atoms with Crippen molar-refractivity contribution in [1.29, 1.82) is 0 Å². The Kier molecular flexibility index (Phi) is 8.14. The molecule has 0 aromatic heterocycles. The summed E-state index contributed by atoms with van der Waals surface area (Å²) in [5.41, 5.74) is 2.54. The Morgan fingerprint density at radius 2 is 1.52 bits per heavy atom. The van der Waals surface area contributed by atoms with Gasteiger partial charge in [0.1, 0.15) is 0 Å². The fourth-order valence-corrected chi connectivity index (χ4v) is 3.53. The lowest BCUT2D eigenvalue weighted by Crippen LogP contribution is -2.33. The highest BCUT2D eigenvalue weighted by Crippen LogP contribution is 2.35. The maximum atomic E-state index is 5.52. The minimum atomic E-state index is 0.220. The summed E-state index contributed by atoms with van der Waals surface area (Å²) >= 11 is 0. The summed E-state index contributed by atoms with van der Waals surface area (Å²) in [7, 11) is 7.29. The van der Waals surface area contributed by atoms with E-state index in [4.69, 9.17) is 14.2 Å². The first-order valence-corrected chi connectivity index (χ1v) is 9.47. The quantitative estimate of drug-likeness (QED) is 0.602. The lowest BCUT2D eigenvalue weighted by molar-refractivity contribution is 0.0989. The first-order chi connectivity index (χ1) is 13.0. The van der Waals surface area contributed by atoms with Gasteiger partial charge < -0.3 is 14.2 Å². The monoisotopic (exact) mass is 371 g/mol. The number of nitrogens with zero attached hydrogens (tertiary/aromatic N) is 1. The van der Waals surface area contributed by atoms with Gasteiger partial charge in [0.15, 0.2) is 11.5 Å². The zero-order chi connectivity index (χ0) is 19.8. The molecule has 4 heteroatoms. The van der Waals surface area contributed by atoms with Gasteiger partial charge in [-0.2, -0.15) is 0 Å². The molecule has 0 bridgehead atoms. The van der Waals surface area contributed by atoms with Gasteiger partial charge in [0.25, 0.3) is 0 Å². The van der Waals surface area contributed by atoms with Crippen LogP contribution in [-0.4, -0.2) is 46.4 Å². The molecule has 2 rings (SSSR count). The molecule has 0 saturated heterocycles. The smallest absolute Gasteiger partial charge is 0.160 e. The van der Waals surface area contributed by atoms with Crippen LogP contribution in [0.4, 0.5) is 0 Å². The molecule has 0 aliphatic heterocycles. The summed E-state index contributed by atoms with van der Waals surface area (Å²) in [5, 5.41) is 0. The number of hydrogen-bond acceptors (Lipinski definition) is 4. The van der Waals surface area contributed by atoms with E-state index in [1.165, 1.54) is 11.1 Å². The van der Waals surface area contributed by atoms with E-state index < -0.39 is 0 Å². The molecule has 2 aromatic rings. The van der Waals surface area contributed by atoms with Crippen molar-refractivity contribution >= 4 is 0 Å². The molecule has 0 aliphatic rings. The lowest BCUT2D eigenvalue weighted by atomic mass is 9.87. The van der Waals surface area contributed by atoms with Gasteiger partial charge >= 0.3 is 0 Å². The second-order valence-corrected chi connectivity index (χ2v) is 7.29. The number of hydrogen-bond donors (Lipinski definition) is 0. The van der Waals surface area contributed by atoms with Crippen LogP contribution in [0.25, 0.3) is 0 Å². The second-order valence-electron chi connectivity index (χ2n) is 7.29. The van der Waals surface area contributed by atoms with E-state index in [9.17, 15) is 0 Å². The van der Waals surface area contributed by atoms with E-state index in [0.717, 1.165) is 18.0 Å². The number of benzene rings is 2. The third-order valence-corrected chi connectivity index (χ3v) is 5.17. The van der Waals surface area contributed by atoms with Gasteiger partial charge in [-0.05, 0) is 42.1 Å². The third-order valence-electron chi connectivity index (χ3n) is 5.17. The summed E-state index contributed by atoms with van der Waals surface area (Å²) in [6.45, 7) is 6.12. The first kappa shape index (κ1) is 21.3. The van der Waals surface area contributed by atoms with Crippen molar-refractivity contribution in [2.45, 2.75) is 25.8 Å². The summed E-state index contributed by atoms with van der Waals surface area (Å²) in [6, 6.07) is 17.0. The van der Waals surface area contributed by atoms with E-state index in [-0.39, 0.29) is 6.04 Å². The minimum Gasteiger partial charge on any atom is -0.493 e. The Bertz CT molecular complexity index is 687. The molecule has 27 heavy (non-hydrogen) atoms. The topological polar surface area (TPSA) is 30.9 Å². The van der Waals surface area contributed by atoms with Gasteiger partial charge in [0.2, 0.25) is 0 Å². The summed E-state index contributed by atoms with van der Waals surface area (Å²) in [6.07, 6.45) is 0. The molecule has 0 spiro atoms. The van der Waals surface area contributed by atoms with Crippen LogP contribution in [0, 0.1) is 5.92 Å². The summed E-state index contributed by atoms with van der Waals surface area (Å²) < 4.78 is 16.4. The van der Waals surface area contributed by atoms with Gasteiger partial charge in [-0.15, -0.1) is 0 Å². The molecular weight excluding hydrogens is 338 g/mol. The van der Waals surface area contributed by atoms with Crippen LogP contribution in [0.2, 0.25) is 0 Å². The fourth-order valence-electron chi connectivity index (χ4n) is 3.53. The standard InChI is InChI=1S/C23H33NO3/c1-17(2)20(19-12-13-22(26-5)23(14-19)27-6)15-24(3)21(16-25-4)18-10-8-7-9-11-18/h7-14,17,20-21H,15-16H2,1-6H3/t20-,21-/m0/s1. The molecule has 0 radical (unpaired) electrons. The maximum Gasteiger partial charge on any atom is 0.160 e. The number of ether oxygens (including phenoxy) is 3.